The van der Waals surface area contributed by atoms with E-state index in [9.17, 15) is 14.4 Å². The van der Waals surface area contributed by atoms with Crippen molar-refractivity contribution in [3.63, 3.8) is 0 Å². The van der Waals surface area contributed by atoms with Crippen molar-refractivity contribution >= 4 is 17.9 Å². The van der Waals surface area contributed by atoms with Crippen LogP contribution in [0.3, 0.4) is 0 Å². The van der Waals surface area contributed by atoms with Gasteiger partial charge < -0.3 is 19.3 Å². The van der Waals surface area contributed by atoms with Gasteiger partial charge in [-0.15, -0.1) is 0 Å². The summed E-state index contributed by atoms with van der Waals surface area (Å²) in [5, 5.41) is 8.79. The van der Waals surface area contributed by atoms with Gasteiger partial charge >= 0.3 is 17.9 Å². The zero-order valence-corrected chi connectivity index (χ0v) is 19.2. The Balaban J connectivity index is 2.23. The summed E-state index contributed by atoms with van der Waals surface area (Å²) in [4.78, 5) is 34.0. The Labute approximate surface area is 186 Å². The van der Waals surface area contributed by atoms with Crippen molar-refractivity contribution in [2.45, 2.75) is 115 Å². The second-order valence-corrected chi connectivity index (χ2v) is 8.19. The van der Waals surface area contributed by atoms with Crippen molar-refractivity contribution in [3.8, 4) is 0 Å². The van der Waals surface area contributed by atoms with Crippen LogP contribution in [-0.2, 0) is 28.6 Å². The Kier molecular flexibility index (Phi) is 14.7. The summed E-state index contributed by atoms with van der Waals surface area (Å²) < 4.78 is 15.4. The van der Waals surface area contributed by atoms with Crippen LogP contribution in [0, 0.1) is 0 Å². The van der Waals surface area contributed by atoms with Crippen LogP contribution in [0.1, 0.15) is 96.8 Å². The van der Waals surface area contributed by atoms with Crippen molar-refractivity contribution < 1.29 is 33.7 Å². The van der Waals surface area contributed by atoms with E-state index in [0.29, 0.717) is 12.8 Å². The molecule has 3 atom stereocenters. The SMILES string of the molecule is CCCCCCC(CC=CCCCCCCCC(=O)OC)OC(=O)C1OC1CC(=O)O. The number of aliphatic carboxylic acids is 1. The largest absolute Gasteiger partial charge is 0.481 e. The average Bonchev–Trinajstić information content (AvgIpc) is 3.50. The average molecular weight is 441 g/mol. The first-order valence-corrected chi connectivity index (χ1v) is 11.8. The Morgan fingerprint density at radius 1 is 1.00 bits per heavy atom. The number of unbranched alkanes of at least 4 members (excludes halogenated alkanes) is 8. The highest BCUT2D eigenvalue weighted by Gasteiger charge is 2.48. The molecular weight excluding hydrogens is 400 g/mol. The highest BCUT2D eigenvalue weighted by atomic mass is 16.6. The lowest BCUT2D eigenvalue weighted by Crippen LogP contribution is -2.23. The third-order valence-electron chi connectivity index (χ3n) is 5.40. The molecule has 0 spiro atoms. The predicted molar refractivity (Wildman–Crippen MR) is 118 cm³/mol. The van der Waals surface area contributed by atoms with Gasteiger partial charge in [0.1, 0.15) is 12.2 Å². The maximum Gasteiger partial charge on any atom is 0.338 e. The molecule has 178 valence electrons. The molecule has 0 bridgehead atoms. The molecule has 0 aromatic rings. The standard InChI is InChI=1S/C24H40O7/c1-3-4-5-12-15-19(30-24(28)23-20(31-23)18-21(25)26)16-13-10-8-6-7-9-11-14-17-22(27)29-2/h10,13,19-20,23H,3-9,11-12,14-18H2,1-2H3,(H,25,26). The number of hydrogen-bond acceptors (Lipinski definition) is 6. The van der Waals surface area contributed by atoms with Crippen molar-refractivity contribution in [2.75, 3.05) is 7.11 Å². The zero-order chi connectivity index (χ0) is 22.9. The second-order valence-electron chi connectivity index (χ2n) is 8.19. The fourth-order valence-electron chi connectivity index (χ4n) is 3.46. The van der Waals surface area contributed by atoms with Crippen molar-refractivity contribution in [1.29, 1.82) is 0 Å². The minimum atomic E-state index is -0.970. The van der Waals surface area contributed by atoms with Crippen LogP contribution in [0.5, 0.6) is 0 Å². The summed E-state index contributed by atoms with van der Waals surface area (Å²) >= 11 is 0. The van der Waals surface area contributed by atoms with Gasteiger partial charge in [0, 0.05) is 12.8 Å². The first kappa shape index (κ1) is 27.1. The molecule has 1 rings (SSSR count). The van der Waals surface area contributed by atoms with E-state index in [2.05, 4.69) is 23.8 Å². The molecule has 1 saturated heterocycles. The normalized spacial score (nSPS) is 18.6. The lowest BCUT2D eigenvalue weighted by molar-refractivity contribution is -0.150. The number of methoxy groups -OCH3 is 1. The van der Waals surface area contributed by atoms with E-state index in [4.69, 9.17) is 14.6 Å². The first-order chi connectivity index (χ1) is 15.0. The van der Waals surface area contributed by atoms with Crippen LogP contribution < -0.4 is 0 Å². The molecule has 0 aromatic carbocycles. The minimum absolute atomic E-state index is 0.140. The summed E-state index contributed by atoms with van der Waals surface area (Å²) in [5.41, 5.74) is 0. The number of esters is 2. The number of carbonyl (C=O) groups is 3. The Morgan fingerprint density at radius 2 is 1.71 bits per heavy atom. The summed E-state index contributed by atoms with van der Waals surface area (Å²) in [6.07, 6.45) is 15.3. The van der Waals surface area contributed by atoms with Gasteiger partial charge in [0.15, 0.2) is 6.10 Å². The third kappa shape index (κ3) is 13.9. The van der Waals surface area contributed by atoms with Gasteiger partial charge in [-0.05, 0) is 32.1 Å². The van der Waals surface area contributed by atoms with Crippen LogP contribution in [0.25, 0.3) is 0 Å². The summed E-state index contributed by atoms with van der Waals surface area (Å²) in [7, 11) is 1.42. The molecular formula is C24H40O7. The van der Waals surface area contributed by atoms with Gasteiger partial charge in [-0.2, -0.15) is 0 Å². The van der Waals surface area contributed by atoms with Gasteiger partial charge in [0.25, 0.3) is 0 Å². The zero-order valence-electron chi connectivity index (χ0n) is 19.2. The molecule has 1 aliphatic rings. The molecule has 0 amide bonds. The second kappa shape index (κ2) is 16.8. The fraction of sp³-hybridized carbons (Fsp3) is 0.792. The van der Waals surface area contributed by atoms with E-state index in [1.165, 1.54) is 13.5 Å². The summed E-state index contributed by atoms with van der Waals surface area (Å²) in [6.45, 7) is 2.16. The quantitative estimate of drug-likeness (QED) is 0.131. The highest BCUT2D eigenvalue weighted by molar-refractivity contribution is 5.80. The number of rotatable bonds is 19. The lowest BCUT2D eigenvalue weighted by Gasteiger charge is -2.16. The number of carbonyl (C=O) groups excluding carboxylic acids is 2. The minimum Gasteiger partial charge on any atom is -0.481 e. The predicted octanol–water partition coefficient (Wildman–Crippen LogP) is 4.96. The van der Waals surface area contributed by atoms with E-state index in [1.54, 1.807) is 0 Å². The van der Waals surface area contributed by atoms with E-state index >= 15 is 0 Å². The molecule has 3 unspecified atom stereocenters. The number of epoxide rings is 1. The lowest BCUT2D eigenvalue weighted by atomic mass is 10.1. The van der Waals surface area contributed by atoms with Crippen LogP contribution >= 0.6 is 0 Å². The molecule has 1 fully saturated rings. The smallest absolute Gasteiger partial charge is 0.338 e. The fourth-order valence-corrected chi connectivity index (χ4v) is 3.46. The molecule has 1 N–H and O–H groups in total. The van der Waals surface area contributed by atoms with E-state index in [0.717, 1.165) is 64.2 Å². The van der Waals surface area contributed by atoms with Crippen LogP contribution in [0.4, 0.5) is 0 Å². The number of hydrogen-bond donors (Lipinski definition) is 1. The van der Waals surface area contributed by atoms with Crippen molar-refractivity contribution in [3.05, 3.63) is 12.2 Å². The van der Waals surface area contributed by atoms with E-state index in [-0.39, 0.29) is 18.5 Å². The monoisotopic (exact) mass is 440 g/mol. The van der Waals surface area contributed by atoms with Crippen LogP contribution in [-0.4, -0.2) is 48.4 Å². The van der Waals surface area contributed by atoms with Gasteiger partial charge in [-0.3, -0.25) is 9.59 Å². The number of allylic oxidation sites excluding steroid dienone is 1. The molecule has 1 heterocycles. The van der Waals surface area contributed by atoms with Crippen molar-refractivity contribution in [1.82, 2.24) is 0 Å². The number of carboxylic acid groups (broad SMARTS) is 1. The maximum absolute atomic E-state index is 12.2. The highest BCUT2D eigenvalue weighted by Crippen LogP contribution is 2.28. The van der Waals surface area contributed by atoms with Gasteiger partial charge in [0.2, 0.25) is 0 Å². The molecule has 0 saturated carbocycles. The molecule has 7 nitrogen and oxygen atoms in total. The Morgan fingerprint density at radius 3 is 2.42 bits per heavy atom. The summed E-state index contributed by atoms with van der Waals surface area (Å²) in [6, 6.07) is 0. The Hall–Kier alpha value is -1.89. The molecule has 0 aromatic heterocycles. The van der Waals surface area contributed by atoms with E-state index < -0.39 is 24.1 Å². The van der Waals surface area contributed by atoms with Gasteiger partial charge in [-0.1, -0.05) is 57.6 Å². The number of ether oxygens (including phenoxy) is 3. The molecule has 7 heteroatoms. The van der Waals surface area contributed by atoms with Crippen LogP contribution in [0.15, 0.2) is 12.2 Å². The molecule has 0 radical (unpaired) electrons. The molecule has 0 aliphatic carbocycles. The maximum atomic E-state index is 12.2. The first-order valence-electron chi connectivity index (χ1n) is 11.8. The van der Waals surface area contributed by atoms with Gasteiger partial charge in [0.05, 0.1) is 13.5 Å². The van der Waals surface area contributed by atoms with E-state index in [1.807, 2.05) is 0 Å². The van der Waals surface area contributed by atoms with Gasteiger partial charge in [-0.25, -0.2) is 4.79 Å². The summed E-state index contributed by atoms with van der Waals surface area (Å²) in [5.74, 6) is -1.55. The van der Waals surface area contributed by atoms with Crippen molar-refractivity contribution in [2.24, 2.45) is 0 Å². The third-order valence-corrected chi connectivity index (χ3v) is 5.40. The molecule has 31 heavy (non-hydrogen) atoms. The number of carboxylic acids is 1. The van der Waals surface area contributed by atoms with Crippen LogP contribution in [0.2, 0.25) is 0 Å². The Bertz CT molecular complexity index is 558. The molecule has 1 aliphatic heterocycles. The topological polar surface area (TPSA) is 102 Å².